The number of fused-ring (bicyclic) bond motifs is 1. The summed E-state index contributed by atoms with van der Waals surface area (Å²) in [5, 5.41) is 2.04. The lowest BCUT2D eigenvalue weighted by Crippen LogP contribution is -1.85. The molecule has 0 aromatic carbocycles. The minimum Gasteiger partial charge on any atom is -0.289 e. The number of thiophene rings is 1. The Bertz CT molecular complexity index is 659. The van der Waals surface area contributed by atoms with Gasteiger partial charge in [-0.1, -0.05) is 0 Å². The first-order valence-corrected chi connectivity index (χ1v) is 6.93. The first kappa shape index (κ1) is 10.4. The van der Waals surface area contributed by atoms with Crippen LogP contribution in [0.15, 0.2) is 39.0 Å². The van der Waals surface area contributed by atoms with Gasteiger partial charge in [0.05, 0.1) is 9.35 Å². The third-order valence-corrected chi connectivity index (χ3v) is 4.22. The third kappa shape index (κ3) is 1.81. The van der Waals surface area contributed by atoms with Gasteiger partial charge in [-0.3, -0.25) is 4.40 Å². The molecular weight excluding hydrogens is 354 g/mol. The summed E-state index contributed by atoms with van der Waals surface area (Å²) in [6, 6.07) is 2.06. The molecule has 6 heteroatoms. The van der Waals surface area contributed by atoms with E-state index in [0.29, 0.717) is 5.78 Å². The van der Waals surface area contributed by atoms with Gasteiger partial charge in [0.1, 0.15) is 5.69 Å². The topological polar surface area (TPSA) is 30.2 Å². The van der Waals surface area contributed by atoms with Gasteiger partial charge >= 0.3 is 0 Å². The molecule has 0 radical (unpaired) electrons. The molecule has 0 bridgehead atoms. The normalized spacial score (nSPS) is 11.1. The molecule has 3 rings (SSSR count). The largest absolute Gasteiger partial charge is 0.289 e. The van der Waals surface area contributed by atoms with Crippen LogP contribution in [0.25, 0.3) is 16.3 Å². The smallest absolute Gasteiger partial charge is 0.234 e. The molecular formula is C10H5Br2N3S. The molecule has 80 valence electrons. The highest BCUT2D eigenvalue weighted by Gasteiger charge is 2.07. The summed E-state index contributed by atoms with van der Waals surface area (Å²) in [4.78, 5) is 9.82. The summed E-state index contributed by atoms with van der Waals surface area (Å²) in [6.45, 7) is 0. The van der Waals surface area contributed by atoms with E-state index >= 15 is 0 Å². The molecule has 0 aliphatic heterocycles. The lowest BCUT2D eigenvalue weighted by molar-refractivity contribution is 1.10. The predicted molar refractivity (Wildman–Crippen MR) is 71.7 cm³/mol. The Balaban J connectivity index is 2.18. The Morgan fingerprint density at radius 1 is 1.19 bits per heavy atom. The van der Waals surface area contributed by atoms with E-state index in [1.165, 1.54) is 0 Å². The van der Waals surface area contributed by atoms with E-state index in [0.717, 1.165) is 19.5 Å². The van der Waals surface area contributed by atoms with Crippen molar-refractivity contribution in [3.8, 4) is 10.6 Å². The average molecular weight is 359 g/mol. The minimum atomic E-state index is 0.711. The maximum absolute atomic E-state index is 4.46. The van der Waals surface area contributed by atoms with Gasteiger partial charge < -0.3 is 0 Å². The zero-order valence-corrected chi connectivity index (χ0v) is 11.9. The van der Waals surface area contributed by atoms with Gasteiger partial charge in [0, 0.05) is 28.4 Å². The SMILES string of the molecule is Brc1csc(-c2cn3cc(Br)cnc3n2)c1. The zero-order chi connectivity index (χ0) is 11.1. The van der Waals surface area contributed by atoms with E-state index in [2.05, 4.69) is 47.9 Å². The highest BCUT2D eigenvalue weighted by Crippen LogP contribution is 2.29. The molecule has 0 saturated heterocycles. The highest BCUT2D eigenvalue weighted by atomic mass is 79.9. The van der Waals surface area contributed by atoms with Crippen LogP contribution in [0, 0.1) is 0 Å². The number of hydrogen-bond acceptors (Lipinski definition) is 3. The Hall–Kier alpha value is -0.720. The van der Waals surface area contributed by atoms with E-state index in [-0.39, 0.29) is 0 Å². The van der Waals surface area contributed by atoms with Gasteiger partial charge in [0.2, 0.25) is 5.78 Å². The molecule has 0 spiro atoms. The minimum absolute atomic E-state index is 0.711. The second-order valence-corrected chi connectivity index (χ2v) is 5.98. The van der Waals surface area contributed by atoms with E-state index < -0.39 is 0 Å². The molecule has 0 atom stereocenters. The summed E-state index contributed by atoms with van der Waals surface area (Å²) < 4.78 is 3.93. The fraction of sp³-hybridized carbons (Fsp3) is 0. The molecule has 0 amide bonds. The molecule has 0 aliphatic rings. The molecule has 0 saturated carbocycles. The lowest BCUT2D eigenvalue weighted by atomic mass is 10.4. The monoisotopic (exact) mass is 357 g/mol. The number of aromatic nitrogens is 3. The number of imidazole rings is 1. The van der Waals surface area contributed by atoms with E-state index in [9.17, 15) is 0 Å². The van der Waals surface area contributed by atoms with Crippen LogP contribution in [-0.2, 0) is 0 Å². The van der Waals surface area contributed by atoms with Crippen LogP contribution < -0.4 is 0 Å². The van der Waals surface area contributed by atoms with E-state index in [4.69, 9.17) is 0 Å². The van der Waals surface area contributed by atoms with Crippen LogP contribution in [-0.4, -0.2) is 14.4 Å². The van der Waals surface area contributed by atoms with Crippen molar-refractivity contribution in [2.75, 3.05) is 0 Å². The van der Waals surface area contributed by atoms with Gasteiger partial charge in [-0.15, -0.1) is 11.3 Å². The van der Waals surface area contributed by atoms with Crippen molar-refractivity contribution < 1.29 is 0 Å². The fourth-order valence-electron chi connectivity index (χ4n) is 1.43. The van der Waals surface area contributed by atoms with Crippen LogP contribution >= 0.6 is 43.2 Å². The average Bonchev–Trinajstić information content (AvgIpc) is 2.83. The number of nitrogens with zero attached hydrogens (tertiary/aromatic N) is 3. The summed E-state index contributed by atoms with van der Waals surface area (Å²) in [5.74, 6) is 0.711. The van der Waals surface area contributed by atoms with Gasteiger partial charge in [-0.25, -0.2) is 9.97 Å². The van der Waals surface area contributed by atoms with Crippen molar-refractivity contribution in [3.05, 3.63) is 39.0 Å². The number of rotatable bonds is 1. The van der Waals surface area contributed by atoms with Crippen LogP contribution in [0.3, 0.4) is 0 Å². The van der Waals surface area contributed by atoms with Crippen LogP contribution in [0.2, 0.25) is 0 Å². The Morgan fingerprint density at radius 2 is 2.06 bits per heavy atom. The van der Waals surface area contributed by atoms with Crippen molar-refractivity contribution in [1.82, 2.24) is 14.4 Å². The van der Waals surface area contributed by atoms with Crippen LogP contribution in [0.5, 0.6) is 0 Å². The Morgan fingerprint density at radius 3 is 2.81 bits per heavy atom. The van der Waals surface area contributed by atoms with Gasteiger partial charge in [-0.05, 0) is 37.9 Å². The summed E-state index contributed by atoms with van der Waals surface area (Å²) >= 11 is 8.48. The standard InChI is InChI=1S/C10H5Br2N3S/c11-6-1-9(16-5-6)8-4-15-3-7(12)2-13-10(15)14-8/h1-5H. The summed E-state index contributed by atoms with van der Waals surface area (Å²) in [5.41, 5.74) is 0.946. The van der Waals surface area contributed by atoms with E-state index in [1.807, 2.05) is 22.2 Å². The van der Waals surface area contributed by atoms with Crippen molar-refractivity contribution in [3.63, 3.8) is 0 Å². The third-order valence-electron chi connectivity index (χ3n) is 2.10. The number of halogens is 2. The molecule has 0 fully saturated rings. The van der Waals surface area contributed by atoms with Gasteiger partial charge in [0.15, 0.2) is 0 Å². The molecule has 0 N–H and O–H groups in total. The maximum atomic E-state index is 4.46. The van der Waals surface area contributed by atoms with Crippen molar-refractivity contribution in [2.45, 2.75) is 0 Å². The first-order chi connectivity index (χ1) is 7.72. The molecule has 3 heterocycles. The maximum Gasteiger partial charge on any atom is 0.234 e. The van der Waals surface area contributed by atoms with Gasteiger partial charge in [0.25, 0.3) is 0 Å². The molecule has 16 heavy (non-hydrogen) atoms. The molecule has 3 aromatic heterocycles. The molecule has 3 nitrogen and oxygen atoms in total. The van der Waals surface area contributed by atoms with Crippen molar-refractivity contribution >= 4 is 49.0 Å². The molecule has 0 aliphatic carbocycles. The number of hydrogen-bond donors (Lipinski definition) is 0. The summed E-state index contributed by atoms with van der Waals surface area (Å²) in [7, 11) is 0. The second-order valence-electron chi connectivity index (χ2n) is 3.23. The fourth-order valence-corrected chi connectivity index (χ4v) is 3.13. The van der Waals surface area contributed by atoms with Crippen LogP contribution in [0.4, 0.5) is 0 Å². The molecule has 3 aromatic rings. The quantitative estimate of drug-likeness (QED) is 0.658. The first-order valence-electron chi connectivity index (χ1n) is 4.47. The van der Waals surface area contributed by atoms with Gasteiger partial charge in [-0.2, -0.15) is 0 Å². The summed E-state index contributed by atoms with van der Waals surface area (Å²) in [6.07, 6.45) is 5.67. The zero-order valence-electron chi connectivity index (χ0n) is 7.89. The van der Waals surface area contributed by atoms with Crippen molar-refractivity contribution in [1.29, 1.82) is 0 Å². The predicted octanol–water partition coefficient (Wildman–Crippen LogP) is 3.98. The van der Waals surface area contributed by atoms with Crippen molar-refractivity contribution in [2.24, 2.45) is 0 Å². The Kier molecular flexibility index (Phi) is 2.57. The Labute approximate surface area is 112 Å². The van der Waals surface area contributed by atoms with Crippen LogP contribution in [0.1, 0.15) is 0 Å². The van der Waals surface area contributed by atoms with E-state index in [1.54, 1.807) is 17.5 Å². The highest BCUT2D eigenvalue weighted by molar-refractivity contribution is 9.10. The lowest BCUT2D eigenvalue weighted by Gasteiger charge is -1.90. The molecule has 0 unspecified atom stereocenters. The second kappa shape index (κ2) is 3.94.